The SMILES string of the molecule is CC(C)(C)CC[N+]12CCC(CC1)CC2. The van der Waals surface area contributed by atoms with Crippen molar-refractivity contribution in [1.29, 1.82) is 0 Å². The zero-order chi connectivity index (χ0) is 10.2. The molecular weight excluding hydrogens is 170 g/mol. The summed E-state index contributed by atoms with van der Waals surface area (Å²) in [6.45, 7) is 13.0. The van der Waals surface area contributed by atoms with Gasteiger partial charge in [-0.05, 0) is 30.6 Å². The number of rotatable bonds is 2. The third-order valence-corrected chi connectivity index (χ3v) is 4.37. The molecule has 1 heteroatoms. The maximum atomic E-state index is 2.38. The van der Waals surface area contributed by atoms with Crippen LogP contribution in [0.1, 0.15) is 46.5 Å². The lowest BCUT2D eigenvalue weighted by molar-refractivity contribution is -0.943. The van der Waals surface area contributed by atoms with Gasteiger partial charge in [0.05, 0.1) is 26.2 Å². The largest absolute Gasteiger partial charge is 0.324 e. The van der Waals surface area contributed by atoms with Gasteiger partial charge in [0.1, 0.15) is 0 Å². The van der Waals surface area contributed by atoms with Gasteiger partial charge in [-0.3, -0.25) is 0 Å². The maximum absolute atomic E-state index is 2.38. The van der Waals surface area contributed by atoms with Crippen molar-refractivity contribution in [3.63, 3.8) is 0 Å². The summed E-state index contributed by atoms with van der Waals surface area (Å²) in [5.41, 5.74) is 0.529. The van der Waals surface area contributed by atoms with E-state index in [0.29, 0.717) is 5.41 Å². The van der Waals surface area contributed by atoms with E-state index in [1.54, 1.807) is 0 Å². The predicted molar refractivity (Wildman–Crippen MR) is 61.1 cm³/mol. The smallest absolute Gasteiger partial charge is 0.0791 e. The highest BCUT2D eigenvalue weighted by Gasteiger charge is 2.39. The van der Waals surface area contributed by atoms with Crippen molar-refractivity contribution in [2.24, 2.45) is 11.3 Å². The molecule has 0 saturated carbocycles. The quantitative estimate of drug-likeness (QED) is 0.596. The third kappa shape index (κ3) is 2.31. The first kappa shape index (κ1) is 10.5. The molecule has 0 N–H and O–H groups in total. The standard InChI is InChI=1S/C13H26N/c1-13(2,3)7-11-14-8-4-12(5-9-14)6-10-14/h12H,4-11H2,1-3H3/q+1. The van der Waals surface area contributed by atoms with Crippen LogP contribution in [0.25, 0.3) is 0 Å². The summed E-state index contributed by atoms with van der Waals surface area (Å²) in [6.07, 6.45) is 5.95. The molecule has 0 unspecified atom stereocenters. The van der Waals surface area contributed by atoms with Crippen molar-refractivity contribution in [3.8, 4) is 0 Å². The highest BCUT2D eigenvalue weighted by molar-refractivity contribution is 4.72. The lowest BCUT2D eigenvalue weighted by Gasteiger charge is -2.50. The third-order valence-electron chi connectivity index (χ3n) is 4.37. The van der Waals surface area contributed by atoms with Crippen molar-refractivity contribution in [1.82, 2.24) is 0 Å². The number of nitrogens with zero attached hydrogens (tertiary/aromatic N) is 1. The molecule has 3 aliphatic heterocycles. The van der Waals surface area contributed by atoms with Crippen molar-refractivity contribution in [2.75, 3.05) is 26.2 Å². The molecule has 0 atom stereocenters. The molecule has 0 aromatic heterocycles. The zero-order valence-corrected chi connectivity index (χ0v) is 10.2. The molecule has 0 amide bonds. The summed E-state index contributed by atoms with van der Waals surface area (Å²) in [6, 6.07) is 0. The number of hydrogen-bond acceptors (Lipinski definition) is 0. The highest BCUT2D eigenvalue weighted by Crippen LogP contribution is 2.35. The van der Waals surface area contributed by atoms with Crippen LogP contribution in [-0.4, -0.2) is 30.7 Å². The van der Waals surface area contributed by atoms with Crippen LogP contribution in [0.4, 0.5) is 0 Å². The van der Waals surface area contributed by atoms with Crippen LogP contribution in [0.5, 0.6) is 0 Å². The first-order valence-electron chi connectivity index (χ1n) is 6.34. The number of piperidine rings is 3. The molecule has 0 aromatic rings. The lowest BCUT2D eigenvalue weighted by atomic mass is 9.84. The van der Waals surface area contributed by atoms with Gasteiger partial charge >= 0.3 is 0 Å². The monoisotopic (exact) mass is 196 g/mol. The van der Waals surface area contributed by atoms with Crippen molar-refractivity contribution >= 4 is 0 Å². The van der Waals surface area contributed by atoms with Crippen molar-refractivity contribution in [3.05, 3.63) is 0 Å². The fraction of sp³-hybridized carbons (Fsp3) is 1.00. The van der Waals surface area contributed by atoms with Crippen molar-refractivity contribution in [2.45, 2.75) is 46.5 Å². The maximum Gasteiger partial charge on any atom is 0.0791 e. The van der Waals surface area contributed by atoms with Gasteiger partial charge in [0.15, 0.2) is 0 Å². The van der Waals surface area contributed by atoms with E-state index in [1.807, 2.05) is 0 Å². The Morgan fingerprint density at radius 3 is 1.93 bits per heavy atom. The van der Waals surface area contributed by atoms with E-state index in [-0.39, 0.29) is 0 Å². The molecule has 1 nitrogen and oxygen atoms in total. The van der Waals surface area contributed by atoms with E-state index in [4.69, 9.17) is 0 Å². The molecule has 3 heterocycles. The molecule has 82 valence electrons. The first-order chi connectivity index (χ1) is 6.49. The second kappa shape index (κ2) is 3.52. The summed E-state index contributed by atoms with van der Waals surface area (Å²) in [5, 5.41) is 0. The Bertz CT molecular complexity index is 180. The van der Waals surface area contributed by atoms with Gasteiger partial charge in [0, 0.05) is 6.42 Å². The molecule has 0 radical (unpaired) electrons. The van der Waals surface area contributed by atoms with Gasteiger partial charge in [-0.2, -0.15) is 0 Å². The van der Waals surface area contributed by atoms with Gasteiger partial charge < -0.3 is 4.48 Å². The molecule has 3 saturated heterocycles. The minimum Gasteiger partial charge on any atom is -0.324 e. The topological polar surface area (TPSA) is 0 Å². The lowest BCUT2D eigenvalue weighted by Crippen LogP contribution is -2.58. The molecule has 0 aromatic carbocycles. The minimum absolute atomic E-state index is 0.529. The van der Waals surface area contributed by atoms with Crippen LogP contribution >= 0.6 is 0 Å². The zero-order valence-electron chi connectivity index (χ0n) is 10.2. The summed E-state index contributed by atoms with van der Waals surface area (Å²) in [4.78, 5) is 0. The molecule has 0 aliphatic carbocycles. The fourth-order valence-electron chi connectivity index (χ4n) is 3.05. The number of quaternary nitrogens is 1. The predicted octanol–water partition coefficient (Wildman–Crippen LogP) is 3.05. The van der Waals surface area contributed by atoms with Gasteiger partial charge in [0.2, 0.25) is 0 Å². The number of fused-ring (bicyclic) bond motifs is 3. The van der Waals surface area contributed by atoms with Gasteiger partial charge in [-0.25, -0.2) is 0 Å². The average Bonchev–Trinajstić information content (AvgIpc) is 2.17. The summed E-state index contributed by atoms with van der Waals surface area (Å²) in [7, 11) is 0. The van der Waals surface area contributed by atoms with Crippen LogP contribution in [0.2, 0.25) is 0 Å². The van der Waals surface area contributed by atoms with Crippen LogP contribution in [-0.2, 0) is 0 Å². The Kier molecular flexibility index (Phi) is 2.63. The number of hydrogen-bond donors (Lipinski definition) is 0. The van der Waals surface area contributed by atoms with Crippen LogP contribution < -0.4 is 0 Å². The highest BCUT2D eigenvalue weighted by atomic mass is 15.4. The van der Waals surface area contributed by atoms with E-state index in [0.717, 1.165) is 5.92 Å². The van der Waals surface area contributed by atoms with Gasteiger partial charge in [-0.15, -0.1) is 0 Å². The van der Waals surface area contributed by atoms with E-state index in [9.17, 15) is 0 Å². The normalized spacial score (nSPS) is 37.5. The fourth-order valence-corrected chi connectivity index (χ4v) is 3.05. The van der Waals surface area contributed by atoms with Gasteiger partial charge in [0.25, 0.3) is 0 Å². The molecular formula is C13H26N+. The molecule has 0 spiro atoms. The first-order valence-corrected chi connectivity index (χ1v) is 6.34. The molecule has 3 fully saturated rings. The van der Waals surface area contributed by atoms with E-state index < -0.39 is 0 Å². The summed E-state index contributed by atoms with van der Waals surface area (Å²) >= 11 is 0. The molecule has 14 heavy (non-hydrogen) atoms. The Morgan fingerprint density at radius 2 is 1.50 bits per heavy atom. The molecule has 2 bridgehead atoms. The second-order valence-corrected chi connectivity index (χ2v) is 6.78. The van der Waals surface area contributed by atoms with Crippen LogP contribution in [0.15, 0.2) is 0 Å². The molecule has 3 rings (SSSR count). The second-order valence-electron chi connectivity index (χ2n) is 6.78. The Balaban J connectivity index is 1.89. The summed E-state index contributed by atoms with van der Waals surface area (Å²) < 4.78 is 1.47. The van der Waals surface area contributed by atoms with Gasteiger partial charge in [-0.1, -0.05) is 20.8 Å². The van der Waals surface area contributed by atoms with E-state index in [2.05, 4.69) is 20.8 Å². The van der Waals surface area contributed by atoms with Crippen LogP contribution in [0.3, 0.4) is 0 Å². The minimum atomic E-state index is 0.529. The Labute approximate surface area is 89.1 Å². The van der Waals surface area contributed by atoms with E-state index in [1.165, 1.54) is 56.3 Å². The van der Waals surface area contributed by atoms with Crippen LogP contribution in [0, 0.1) is 11.3 Å². The summed E-state index contributed by atoms with van der Waals surface area (Å²) in [5.74, 6) is 1.10. The van der Waals surface area contributed by atoms with Crippen molar-refractivity contribution < 1.29 is 4.48 Å². The Morgan fingerprint density at radius 1 is 1.00 bits per heavy atom. The molecule has 3 aliphatic rings. The average molecular weight is 196 g/mol. The Hall–Kier alpha value is -0.0400. The van der Waals surface area contributed by atoms with E-state index >= 15 is 0 Å².